The van der Waals surface area contributed by atoms with Crippen molar-refractivity contribution in [2.75, 3.05) is 6.61 Å². The zero-order valence-corrected chi connectivity index (χ0v) is 31.7. The normalized spacial score (nSPS) is 33.9. The number of ether oxygens (including phenoxy) is 5. The van der Waals surface area contributed by atoms with E-state index in [0.29, 0.717) is 5.56 Å². The number of ketones is 1. The van der Waals surface area contributed by atoms with E-state index in [0.717, 1.165) is 6.92 Å². The molecule has 7 rings (SSSR count). The van der Waals surface area contributed by atoms with Gasteiger partial charge in [0, 0.05) is 25.3 Å². The lowest BCUT2D eigenvalue weighted by molar-refractivity contribution is -0.289. The number of aliphatic hydroxyl groups is 4. The van der Waals surface area contributed by atoms with E-state index in [1.165, 1.54) is 26.0 Å². The third kappa shape index (κ3) is 5.57. The Kier molecular flexibility index (Phi) is 9.27. The molecule has 0 spiro atoms. The van der Waals surface area contributed by atoms with E-state index in [-0.39, 0.29) is 35.3 Å². The van der Waals surface area contributed by atoms with Crippen molar-refractivity contribution in [3.8, 4) is 0 Å². The first-order valence-corrected chi connectivity index (χ1v) is 18.3. The fraction of sp³-hybridized carbons (Fsp3) is 0.488. The van der Waals surface area contributed by atoms with E-state index < -0.39 is 106 Å². The van der Waals surface area contributed by atoms with Crippen molar-refractivity contribution in [2.45, 2.75) is 107 Å². The van der Waals surface area contributed by atoms with Crippen LogP contribution in [0.5, 0.6) is 0 Å². The van der Waals surface area contributed by atoms with E-state index >= 15 is 0 Å². The van der Waals surface area contributed by atoms with Crippen molar-refractivity contribution in [1.29, 1.82) is 0 Å². The number of alkyl carbamates (subject to hydrolysis) is 1. The predicted octanol–water partition coefficient (Wildman–Crippen LogP) is 3.07. The van der Waals surface area contributed by atoms with E-state index in [2.05, 4.69) is 5.32 Å². The van der Waals surface area contributed by atoms with Gasteiger partial charge in [-0.3, -0.25) is 9.59 Å². The molecule has 1 saturated heterocycles. The largest absolute Gasteiger partial charge is 0.512 e. The van der Waals surface area contributed by atoms with Crippen LogP contribution in [0, 0.1) is 11.3 Å². The Balaban J connectivity index is 1.33. The molecule has 5 aliphatic rings. The maximum absolute atomic E-state index is 14.4. The minimum atomic E-state index is -2.26. The lowest BCUT2D eigenvalue weighted by Gasteiger charge is -2.56. The standard InChI is InChI=1S/C41H45NO14/c1-20-25(53-35(49)32(47)29(22-13-9-7-10-14-22)42-36(50)56-37(3,4)5)18-40(51)38(6)28(20)31(46)30(45)27-24(44)17-26-39(19-52-26,54-21(2)43)33(27)41(38,40)55-34(48)23-15-11-8-12-16-23/h7-16,25-26,29,31-33,44,46-47,51H,17-19H2,1-6H3,(H,42,50)/t25-,26?,29-,31?,32+,33?,38-,39-,40-,41-/m0/s1. The molecular weight excluding hydrogens is 730 g/mol. The highest BCUT2D eigenvalue weighted by atomic mass is 16.6. The number of esters is 3. The number of fused-ring (bicyclic) bond motifs is 5. The third-order valence-corrected chi connectivity index (χ3v) is 12.0. The Morgan fingerprint density at radius 1 is 1.00 bits per heavy atom. The van der Waals surface area contributed by atoms with Crippen molar-refractivity contribution in [2.24, 2.45) is 11.3 Å². The topological polar surface area (TPSA) is 224 Å². The van der Waals surface area contributed by atoms with Crippen molar-refractivity contribution in [3.05, 3.63) is 94.3 Å². The van der Waals surface area contributed by atoms with Gasteiger partial charge in [0.05, 0.1) is 29.5 Å². The molecule has 10 atom stereocenters. The Morgan fingerprint density at radius 3 is 2.20 bits per heavy atom. The summed E-state index contributed by atoms with van der Waals surface area (Å²) in [6, 6.07) is 14.6. The molecule has 4 aliphatic carbocycles. The van der Waals surface area contributed by atoms with Crippen LogP contribution in [-0.4, -0.2) is 104 Å². The minimum absolute atomic E-state index is 0.0696. The number of nitrogens with one attached hydrogen (secondary N) is 1. The summed E-state index contributed by atoms with van der Waals surface area (Å²) in [7, 11) is 0. The van der Waals surface area contributed by atoms with Gasteiger partial charge in [0.25, 0.3) is 0 Å². The van der Waals surface area contributed by atoms with Gasteiger partial charge in [-0.05, 0) is 63.5 Å². The molecule has 1 aliphatic heterocycles. The van der Waals surface area contributed by atoms with Crippen LogP contribution in [0.4, 0.5) is 4.79 Å². The molecule has 15 nitrogen and oxygen atoms in total. The van der Waals surface area contributed by atoms with Gasteiger partial charge in [-0.1, -0.05) is 48.5 Å². The summed E-state index contributed by atoms with van der Waals surface area (Å²) in [5, 5.41) is 50.5. The molecule has 0 aromatic heterocycles. The summed E-state index contributed by atoms with van der Waals surface area (Å²) in [6.07, 6.45) is -8.25. The van der Waals surface area contributed by atoms with Gasteiger partial charge in [-0.15, -0.1) is 0 Å². The second-order valence-corrected chi connectivity index (χ2v) is 16.3. The SMILES string of the molecule is CC(=O)O[C@@]12COC1CC(O)=C1C(=O)C(O)C3=C(C)[C@@H](OC(=O)[C@H](O)[C@@H](NC(=O)OC(C)(C)C)c4ccccc4)C[C@]4(O)[C@@]3(C)[C@@]4(OC(=O)c3ccccc3)C12. The molecular formula is C41H45NO14. The number of amides is 1. The highest BCUT2D eigenvalue weighted by molar-refractivity contribution is 6.05. The summed E-state index contributed by atoms with van der Waals surface area (Å²) in [5.74, 6) is -6.01. The van der Waals surface area contributed by atoms with E-state index in [1.807, 2.05) is 0 Å². The predicted molar refractivity (Wildman–Crippen MR) is 192 cm³/mol. The molecule has 3 unspecified atom stereocenters. The Morgan fingerprint density at radius 2 is 1.62 bits per heavy atom. The van der Waals surface area contributed by atoms with E-state index in [9.17, 15) is 44.4 Å². The number of hydrogen-bond donors (Lipinski definition) is 5. The molecule has 5 N–H and O–H groups in total. The van der Waals surface area contributed by atoms with Gasteiger partial charge < -0.3 is 49.4 Å². The molecule has 1 amide bonds. The second kappa shape index (κ2) is 13.3. The molecule has 0 radical (unpaired) electrons. The van der Waals surface area contributed by atoms with Crippen molar-refractivity contribution >= 4 is 29.8 Å². The monoisotopic (exact) mass is 775 g/mol. The second-order valence-electron chi connectivity index (χ2n) is 16.3. The first kappa shape index (κ1) is 39.2. The van der Waals surface area contributed by atoms with Crippen LogP contribution in [0.15, 0.2) is 83.1 Å². The Labute approximate surface area is 322 Å². The lowest BCUT2D eigenvalue weighted by atomic mass is 9.63. The summed E-state index contributed by atoms with van der Waals surface area (Å²) in [4.78, 5) is 68.1. The Hall–Kier alpha value is -5.09. The third-order valence-electron chi connectivity index (χ3n) is 12.0. The quantitative estimate of drug-likeness (QED) is 0.148. The number of carbonyl (C=O) groups excluding carboxylic acids is 5. The van der Waals surface area contributed by atoms with Gasteiger partial charge in [0.2, 0.25) is 0 Å². The molecule has 0 bridgehead atoms. The van der Waals surface area contributed by atoms with Gasteiger partial charge in [0.15, 0.2) is 23.1 Å². The van der Waals surface area contributed by atoms with Crippen LogP contribution in [0.2, 0.25) is 0 Å². The summed E-state index contributed by atoms with van der Waals surface area (Å²) in [6.45, 7) is 8.74. The van der Waals surface area contributed by atoms with Crippen LogP contribution < -0.4 is 5.32 Å². The van der Waals surface area contributed by atoms with E-state index in [1.54, 1.807) is 69.3 Å². The maximum atomic E-state index is 14.4. The number of hydrogen-bond acceptors (Lipinski definition) is 14. The average molecular weight is 776 g/mol. The summed E-state index contributed by atoms with van der Waals surface area (Å²) in [5.41, 5.74) is -8.95. The number of Topliss-reactive ketones (excluding diaryl/α,β-unsaturated/α-hetero) is 1. The maximum Gasteiger partial charge on any atom is 0.408 e. The van der Waals surface area contributed by atoms with Gasteiger partial charge in [-0.25, -0.2) is 14.4 Å². The average Bonchev–Trinajstić information content (AvgIpc) is 3.57. The van der Waals surface area contributed by atoms with Crippen LogP contribution in [0.25, 0.3) is 0 Å². The molecule has 3 fully saturated rings. The number of aliphatic hydroxyl groups excluding tert-OH is 3. The fourth-order valence-electron chi connectivity index (χ4n) is 9.59. The molecule has 1 heterocycles. The number of rotatable bonds is 8. The first-order chi connectivity index (χ1) is 26.2. The van der Waals surface area contributed by atoms with Crippen molar-refractivity contribution < 1.29 is 68.1 Å². The zero-order chi connectivity index (χ0) is 40.7. The molecule has 2 aromatic carbocycles. The summed E-state index contributed by atoms with van der Waals surface area (Å²) >= 11 is 0. The Bertz CT molecular complexity index is 2060. The lowest BCUT2D eigenvalue weighted by Crippen LogP contribution is -2.71. The highest BCUT2D eigenvalue weighted by Crippen LogP contribution is 2.82. The molecule has 15 heteroatoms. The van der Waals surface area contributed by atoms with Gasteiger partial charge in [0.1, 0.15) is 35.3 Å². The number of benzene rings is 2. The van der Waals surface area contributed by atoms with Crippen molar-refractivity contribution in [1.82, 2.24) is 5.32 Å². The van der Waals surface area contributed by atoms with Crippen LogP contribution >= 0.6 is 0 Å². The van der Waals surface area contributed by atoms with Crippen LogP contribution in [0.1, 0.15) is 76.3 Å². The minimum Gasteiger partial charge on any atom is -0.512 e. The summed E-state index contributed by atoms with van der Waals surface area (Å²) < 4.78 is 29.4. The smallest absolute Gasteiger partial charge is 0.408 e. The highest BCUT2D eigenvalue weighted by Gasteiger charge is 2.97. The first-order valence-electron chi connectivity index (χ1n) is 18.3. The fourth-order valence-corrected chi connectivity index (χ4v) is 9.59. The van der Waals surface area contributed by atoms with Crippen LogP contribution in [-0.2, 0) is 38.1 Å². The zero-order valence-electron chi connectivity index (χ0n) is 31.7. The van der Waals surface area contributed by atoms with Gasteiger partial charge >= 0.3 is 24.0 Å². The van der Waals surface area contributed by atoms with E-state index in [4.69, 9.17) is 23.7 Å². The molecule has 2 saturated carbocycles. The molecule has 298 valence electrons. The molecule has 2 aromatic rings. The van der Waals surface area contributed by atoms with Crippen LogP contribution in [0.3, 0.4) is 0 Å². The van der Waals surface area contributed by atoms with Crippen molar-refractivity contribution in [3.63, 3.8) is 0 Å². The number of carbonyl (C=O) groups is 5. The van der Waals surface area contributed by atoms with Gasteiger partial charge in [-0.2, -0.15) is 0 Å². The molecule has 56 heavy (non-hydrogen) atoms.